The number of carboxylic acids is 1. The Morgan fingerprint density at radius 2 is 2.10 bits per heavy atom. The van der Waals surface area contributed by atoms with Crippen LogP contribution in [0.15, 0.2) is 36.4 Å². The van der Waals surface area contributed by atoms with Gasteiger partial charge in [-0.05, 0) is 24.3 Å². The summed E-state index contributed by atoms with van der Waals surface area (Å²) in [5.74, 6) is -0.432. The van der Waals surface area contributed by atoms with Gasteiger partial charge in [-0.15, -0.1) is 11.3 Å². The molecule has 1 aromatic carbocycles. The van der Waals surface area contributed by atoms with Crippen molar-refractivity contribution in [2.24, 2.45) is 0 Å². The Morgan fingerprint density at radius 1 is 1.29 bits per heavy atom. The molecule has 2 heterocycles. The number of benzene rings is 1. The number of amides is 1. The summed E-state index contributed by atoms with van der Waals surface area (Å²) in [5, 5.41) is 8.94. The number of ether oxygens (including phenoxy) is 1. The number of aromatic carboxylic acids is 1. The molecule has 3 rings (SSSR count). The lowest BCUT2D eigenvalue weighted by Crippen LogP contribution is -2.31. The number of hydrogen-bond acceptors (Lipinski definition) is 4. The number of carbonyl (C=O) groups excluding carboxylic acids is 1. The molecule has 1 aromatic heterocycles. The third-order valence-electron chi connectivity index (χ3n) is 3.24. The van der Waals surface area contributed by atoms with Crippen molar-refractivity contribution >= 4 is 23.2 Å². The van der Waals surface area contributed by atoms with Crippen LogP contribution in [0.4, 0.5) is 0 Å². The minimum atomic E-state index is -0.942. The van der Waals surface area contributed by atoms with E-state index in [9.17, 15) is 9.59 Å². The first-order valence-electron chi connectivity index (χ1n) is 6.48. The lowest BCUT2D eigenvalue weighted by molar-refractivity contribution is 0.0701. The van der Waals surface area contributed by atoms with Crippen molar-refractivity contribution in [2.45, 2.75) is 6.54 Å². The van der Waals surface area contributed by atoms with Gasteiger partial charge in [0.2, 0.25) is 0 Å². The monoisotopic (exact) mass is 303 g/mol. The summed E-state index contributed by atoms with van der Waals surface area (Å²) in [4.78, 5) is 26.2. The van der Waals surface area contributed by atoms with Crippen molar-refractivity contribution < 1.29 is 19.4 Å². The molecule has 0 saturated heterocycles. The average Bonchev–Trinajstić information content (AvgIpc) is 2.89. The first-order valence-corrected chi connectivity index (χ1v) is 7.30. The molecule has 1 aliphatic heterocycles. The molecule has 0 fully saturated rings. The average molecular weight is 303 g/mol. The van der Waals surface area contributed by atoms with Crippen molar-refractivity contribution in [2.75, 3.05) is 13.2 Å². The third kappa shape index (κ3) is 2.75. The highest BCUT2D eigenvalue weighted by Gasteiger charge is 2.23. The minimum Gasteiger partial charge on any atom is -0.491 e. The van der Waals surface area contributed by atoms with Gasteiger partial charge in [0, 0.05) is 4.88 Å². The lowest BCUT2D eigenvalue weighted by atomic mass is 10.2. The molecule has 0 unspecified atom stereocenters. The van der Waals surface area contributed by atoms with E-state index in [1.54, 1.807) is 35.2 Å². The van der Waals surface area contributed by atoms with Gasteiger partial charge in [0.05, 0.1) is 18.7 Å². The molecule has 0 atom stereocenters. The molecular weight excluding hydrogens is 290 g/mol. The maximum atomic E-state index is 12.5. The quantitative estimate of drug-likeness (QED) is 0.946. The second-order valence-corrected chi connectivity index (χ2v) is 5.81. The summed E-state index contributed by atoms with van der Waals surface area (Å²) in [6.07, 6.45) is 0. The van der Waals surface area contributed by atoms with E-state index in [-0.39, 0.29) is 10.8 Å². The molecule has 0 bridgehead atoms. The number of carboxylic acid groups (broad SMARTS) is 1. The number of thiophene rings is 1. The van der Waals surface area contributed by atoms with Gasteiger partial charge in [-0.3, -0.25) is 4.79 Å². The van der Waals surface area contributed by atoms with Crippen LogP contribution in [0.2, 0.25) is 0 Å². The lowest BCUT2D eigenvalue weighted by Gasteiger charge is -2.18. The van der Waals surface area contributed by atoms with Gasteiger partial charge in [0.15, 0.2) is 0 Å². The van der Waals surface area contributed by atoms with Crippen molar-refractivity contribution in [3.63, 3.8) is 0 Å². The molecule has 0 saturated carbocycles. The second-order valence-electron chi connectivity index (χ2n) is 4.64. The number of nitrogens with zero attached hydrogens (tertiary/aromatic N) is 1. The van der Waals surface area contributed by atoms with Crippen molar-refractivity contribution in [3.8, 4) is 5.75 Å². The van der Waals surface area contributed by atoms with Gasteiger partial charge >= 0.3 is 5.97 Å². The normalized spacial score (nSPS) is 14.3. The van der Waals surface area contributed by atoms with E-state index >= 15 is 0 Å². The van der Waals surface area contributed by atoms with E-state index in [0.717, 1.165) is 4.88 Å². The summed E-state index contributed by atoms with van der Waals surface area (Å²) < 4.78 is 5.58. The van der Waals surface area contributed by atoms with Gasteiger partial charge in [-0.1, -0.05) is 12.1 Å². The molecule has 5 nitrogen and oxygen atoms in total. The highest BCUT2D eigenvalue weighted by molar-refractivity contribution is 7.13. The number of para-hydroxylation sites is 1. The van der Waals surface area contributed by atoms with Crippen molar-refractivity contribution in [3.05, 3.63) is 51.7 Å². The summed E-state index contributed by atoms with van der Waals surface area (Å²) in [7, 11) is 0. The van der Waals surface area contributed by atoms with E-state index in [2.05, 4.69) is 0 Å². The van der Waals surface area contributed by atoms with Crippen LogP contribution < -0.4 is 4.74 Å². The fourth-order valence-electron chi connectivity index (χ4n) is 2.22. The van der Waals surface area contributed by atoms with Crippen molar-refractivity contribution in [1.29, 1.82) is 0 Å². The first kappa shape index (κ1) is 13.6. The van der Waals surface area contributed by atoms with E-state index in [1.807, 2.05) is 6.07 Å². The summed E-state index contributed by atoms with van der Waals surface area (Å²) in [5.41, 5.74) is 0.546. The van der Waals surface area contributed by atoms with Crippen LogP contribution in [0.3, 0.4) is 0 Å². The van der Waals surface area contributed by atoms with Crippen LogP contribution in [0.1, 0.15) is 24.9 Å². The topological polar surface area (TPSA) is 66.8 Å². The van der Waals surface area contributed by atoms with E-state index in [4.69, 9.17) is 9.84 Å². The Kier molecular flexibility index (Phi) is 3.62. The zero-order valence-corrected chi connectivity index (χ0v) is 11.9. The smallest absolute Gasteiger partial charge is 0.345 e. The van der Waals surface area contributed by atoms with Crippen LogP contribution in [-0.2, 0) is 6.54 Å². The molecule has 108 valence electrons. The molecule has 1 N–H and O–H groups in total. The zero-order chi connectivity index (χ0) is 14.8. The van der Waals surface area contributed by atoms with E-state index in [1.165, 1.54) is 11.3 Å². The van der Waals surface area contributed by atoms with Gasteiger partial charge < -0.3 is 14.7 Å². The van der Waals surface area contributed by atoms with Crippen LogP contribution in [-0.4, -0.2) is 35.0 Å². The van der Waals surface area contributed by atoms with Gasteiger partial charge in [-0.25, -0.2) is 4.79 Å². The highest BCUT2D eigenvalue weighted by Crippen LogP contribution is 2.25. The maximum Gasteiger partial charge on any atom is 0.345 e. The minimum absolute atomic E-state index is 0.0895. The van der Waals surface area contributed by atoms with Crippen LogP contribution in [0, 0.1) is 0 Å². The number of hydrogen-bond donors (Lipinski definition) is 1. The Hall–Kier alpha value is -2.34. The molecule has 2 aromatic rings. The van der Waals surface area contributed by atoms with Crippen molar-refractivity contribution in [1.82, 2.24) is 4.90 Å². The molecule has 0 radical (unpaired) electrons. The fourth-order valence-corrected chi connectivity index (χ4v) is 3.09. The second kappa shape index (κ2) is 5.57. The SMILES string of the molecule is O=C(O)c1ccc(CN2CCOc3ccccc3C2=O)s1. The van der Waals surface area contributed by atoms with Gasteiger partial charge in [0.1, 0.15) is 17.2 Å². The zero-order valence-electron chi connectivity index (χ0n) is 11.1. The number of rotatable bonds is 3. The predicted molar refractivity (Wildman–Crippen MR) is 78.0 cm³/mol. The molecule has 0 spiro atoms. The van der Waals surface area contributed by atoms with Crippen LogP contribution in [0.5, 0.6) is 5.75 Å². The molecule has 21 heavy (non-hydrogen) atoms. The van der Waals surface area contributed by atoms with Gasteiger partial charge in [-0.2, -0.15) is 0 Å². The number of fused-ring (bicyclic) bond motifs is 1. The molecule has 6 heteroatoms. The van der Waals surface area contributed by atoms with Crippen LogP contribution in [0.25, 0.3) is 0 Å². The summed E-state index contributed by atoms with van der Waals surface area (Å²) in [6.45, 7) is 1.31. The molecule has 0 aliphatic carbocycles. The predicted octanol–water partition coefficient (Wildman–Crippen LogP) is 2.48. The fraction of sp³-hybridized carbons (Fsp3) is 0.200. The van der Waals surface area contributed by atoms with E-state index < -0.39 is 5.97 Å². The first-order chi connectivity index (χ1) is 10.1. The third-order valence-corrected chi connectivity index (χ3v) is 4.30. The van der Waals surface area contributed by atoms with Gasteiger partial charge in [0.25, 0.3) is 5.91 Å². The Labute approximate surface area is 125 Å². The Bertz CT molecular complexity index is 694. The summed E-state index contributed by atoms with van der Waals surface area (Å²) >= 11 is 1.19. The summed E-state index contributed by atoms with van der Waals surface area (Å²) in [6, 6.07) is 10.5. The largest absolute Gasteiger partial charge is 0.491 e. The Morgan fingerprint density at radius 3 is 2.86 bits per heavy atom. The highest BCUT2D eigenvalue weighted by atomic mass is 32.1. The molecule has 1 amide bonds. The maximum absolute atomic E-state index is 12.5. The molecular formula is C15H13NO4S. The number of carbonyl (C=O) groups is 2. The molecule has 1 aliphatic rings. The standard InChI is InChI=1S/C15H13NO4S/c17-14-11-3-1-2-4-12(11)20-8-7-16(14)9-10-5-6-13(21-10)15(18)19/h1-6H,7-9H2,(H,18,19). The van der Waals surface area contributed by atoms with Crippen LogP contribution >= 0.6 is 11.3 Å². The Balaban J connectivity index is 1.82. The van der Waals surface area contributed by atoms with E-state index in [0.29, 0.717) is 31.0 Å².